The topological polar surface area (TPSA) is 75.4 Å². The first-order valence-corrected chi connectivity index (χ1v) is 5.47. The zero-order chi connectivity index (χ0) is 11.4. The number of benzene rings is 1. The standard InChI is InChI=1S/C9H11BrN2O3/c1-6-2-3-7(11-5-4-10)8(9(6)13)12(14)15/h2-3,11,13H,4-5H2,1H3. The van der Waals surface area contributed by atoms with Crippen molar-refractivity contribution in [3.8, 4) is 5.75 Å². The van der Waals surface area contributed by atoms with E-state index in [1.54, 1.807) is 19.1 Å². The van der Waals surface area contributed by atoms with Crippen LogP contribution < -0.4 is 5.32 Å². The fourth-order valence-corrected chi connectivity index (χ4v) is 1.39. The van der Waals surface area contributed by atoms with Gasteiger partial charge in [-0.25, -0.2) is 0 Å². The predicted molar refractivity (Wildman–Crippen MR) is 61.8 cm³/mol. The zero-order valence-electron chi connectivity index (χ0n) is 8.16. The number of nitro groups is 1. The average molecular weight is 275 g/mol. The van der Waals surface area contributed by atoms with Gasteiger partial charge in [-0.15, -0.1) is 0 Å². The van der Waals surface area contributed by atoms with Crippen LogP contribution in [-0.4, -0.2) is 21.9 Å². The first-order chi connectivity index (χ1) is 7.07. The van der Waals surface area contributed by atoms with Gasteiger partial charge in [0.05, 0.1) is 4.92 Å². The number of aromatic hydroxyl groups is 1. The Bertz CT molecular complexity index is 382. The Balaban J connectivity index is 3.15. The van der Waals surface area contributed by atoms with E-state index in [-0.39, 0.29) is 11.4 Å². The number of nitro benzene ring substituents is 1. The van der Waals surface area contributed by atoms with Crippen LogP contribution >= 0.6 is 15.9 Å². The number of alkyl halides is 1. The molecule has 0 spiro atoms. The number of anilines is 1. The monoisotopic (exact) mass is 274 g/mol. The summed E-state index contributed by atoms with van der Waals surface area (Å²) < 4.78 is 0. The van der Waals surface area contributed by atoms with Gasteiger partial charge >= 0.3 is 5.69 Å². The van der Waals surface area contributed by atoms with E-state index in [1.165, 1.54) is 0 Å². The summed E-state index contributed by atoms with van der Waals surface area (Å²) in [5.41, 5.74) is 0.560. The molecule has 0 fully saturated rings. The van der Waals surface area contributed by atoms with Gasteiger partial charge in [-0.1, -0.05) is 22.0 Å². The number of halogens is 1. The molecule has 0 saturated carbocycles. The Morgan fingerprint density at radius 3 is 2.80 bits per heavy atom. The van der Waals surface area contributed by atoms with Gasteiger partial charge in [-0.3, -0.25) is 10.1 Å². The number of phenols is 1. The van der Waals surface area contributed by atoms with Crippen molar-refractivity contribution in [3.05, 3.63) is 27.8 Å². The summed E-state index contributed by atoms with van der Waals surface area (Å²) >= 11 is 3.21. The van der Waals surface area contributed by atoms with Crippen LogP contribution in [0.4, 0.5) is 11.4 Å². The summed E-state index contributed by atoms with van der Waals surface area (Å²) in [5.74, 6) is -0.278. The molecular formula is C9H11BrN2O3. The van der Waals surface area contributed by atoms with Crippen molar-refractivity contribution in [1.82, 2.24) is 0 Å². The highest BCUT2D eigenvalue weighted by Gasteiger charge is 2.20. The fourth-order valence-electron chi connectivity index (χ4n) is 1.19. The second-order valence-electron chi connectivity index (χ2n) is 3.00. The largest absolute Gasteiger partial charge is 0.502 e. The van der Waals surface area contributed by atoms with E-state index in [0.29, 0.717) is 23.1 Å². The molecule has 1 rings (SSSR count). The van der Waals surface area contributed by atoms with Crippen LogP contribution in [0.5, 0.6) is 5.75 Å². The minimum atomic E-state index is -0.584. The molecule has 0 aliphatic rings. The molecule has 0 atom stereocenters. The Labute approximate surface area is 95.4 Å². The molecule has 0 aromatic heterocycles. The predicted octanol–water partition coefficient (Wildman–Crippen LogP) is 2.42. The molecule has 1 aromatic carbocycles. The van der Waals surface area contributed by atoms with E-state index in [1.807, 2.05) is 0 Å². The molecule has 0 saturated heterocycles. The first-order valence-electron chi connectivity index (χ1n) is 4.34. The number of nitrogens with one attached hydrogen (secondary N) is 1. The lowest BCUT2D eigenvalue weighted by molar-refractivity contribution is -0.385. The number of hydrogen-bond acceptors (Lipinski definition) is 4. The molecule has 0 unspecified atom stereocenters. The van der Waals surface area contributed by atoms with Crippen molar-refractivity contribution in [1.29, 1.82) is 0 Å². The number of nitrogens with zero attached hydrogens (tertiary/aromatic N) is 1. The van der Waals surface area contributed by atoms with Crippen molar-refractivity contribution in [2.45, 2.75) is 6.92 Å². The molecule has 0 aliphatic heterocycles. The Kier molecular flexibility index (Phi) is 3.90. The van der Waals surface area contributed by atoms with Crippen LogP contribution in [0.15, 0.2) is 12.1 Å². The maximum absolute atomic E-state index is 10.8. The SMILES string of the molecule is Cc1ccc(NCCBr)c([N+](=O)[O-])c1O. The van der Waals surface area contributed by atoms with Crippen molar-refractivity contribution >= 4 is 27.3 Å². The number of phenolic OH excluding ortho intramolecular Hbond substituents is 1. The van der Waals surface area contributed by atoms with Gasteiger partial charge in [0.15, 0.2) is 5.75 Å². The highest BCUT2D eigenvalue weighted by atomic mass is 79.9. The van der Waals surface area contributed by atoms with Crippen molar-refractivity contribution in [2.24, 2.45) is 0 Å². The zero-order valence-corrected chi connectivity index (χ0v) is 9.74. The maximum atomic E-state index is 10.8. The summed E-state index contributed by atoms with van der Waals surface area (Å²) in [7, 11) is 0. The molecule has 2 N–H and O–H groups in total. The molecule has 6 heteroatoms. The van der Waals surface area contributed by atoms with Crippen molar-refractivity contribution < 1.29 is 10.0 Å². The van der Waals surface area contributed by atoms with Crippen LogP contribution in [0.1, 0.15) is 5.56 Å². The lowest BCUT2D eigenvalue weighted by Crippen LogP contribution is -2.05. The fraction of sp³-hybridized carbons (Fsp3) is 0.333. The third-order valence-electron chi connectivity index (χ3n) is 1.95. The summed E-state index contributed by atoms with van der Waals surface area (Å²) in [6.07, 6.45) is 0. The van der Waals surface area contributed by atoms with Gasteiger partial charge in [-0.2, -0.15) is 0 Å². The summed E-state index contributed by atoms with van der Waals surface area (Å²) in [6, 6.07) is 3.23. The molecular weight excluding hydrogens is 264 g/mol. The summed E-state index contributed by atoms with van der Waals surface area (Å²) in [5, 5.41) is 23.8. The van der Waals surface area contributed by atoms with E-state index in [2.05, 4.69) is 21.2 Å². The van der Waals surface area contributed by atoms with Gasteiger partial charge in [-0.05, 0) is 18.6 Å². The van der Waals surface area contributed by atoms with Crippen molar-refractivity contribution in [3.63, 3.8) is 0 Å². The average Bonchev–Trinajstić information content (AvgIpc) is 2.19. The number of hydrogen-bond donors (Lipinski definition) is 2. The Morgan fingerprint density at radius 2 is 2.27 bits per heavy atom. The minimum absolute atomic E-state index is 0.268. The van der Waals surface area contributed by atoms with Gasteiger partial charge in [0.25, 0.3) is 0 Å². The van der Waals surface area contributed by atoms with Crippen molar-refractivity contribution in [2.75, 3.05) is 17.2 Å². The molecule has 0 bridgehead atoms. The van der Waals surface area contributed by atoms with E-state index in [4.69, 9.17) is 0 Å². The summed E-state index contributed by atoms with van der Waals surface area (Å²) in [4.78, 5) is 10.2. The van der Waals surface area contributed by atoms with Crippen LogP contribution in [0.3, 0.4) is 0 Å². The second-order valence-corrected chi connectivity index (χ2v) is 3.79. The van der Waals surface area contributed by atoms with Crippen LogP contribution in [0.2, 0.25) is 0 Å². The van der Waals surface area contributed by atoms with Crippen LogP contribution in [-0.2, 0) is 0 Å². The molecule has 15 heavy (non-hydrogen) atoms. The third-order valence-corrected chi connectivity index (χ3v) is 2.34. The van der Waals surface area contributed by atoms with Gasteiger partial charge < -0.3 is 10.4 Å². The van der Waals surface area contributed by atoms with Crippen LogP contribution in [0, 0.1) is 17.0 Å². The van der Waals surface area contributed by atoms with E-state index in [0.717, 1.165) is 0 Å². The second kappa shape index (κ2) is 4.97. The molecule has 0 radical (unpaired) electrons. The lowest BCUT2D eigenvalue weighted by atomic mass is 10.1. The van der Waals surface area contributed by atoms with Gasteiger partial charge in [0.1, 0.15) is 5.69 Å². The molecule has 0 heterocycles. The van der Waals surface area contributed by atoms with Gasteiger partial charge in [0.2, 0.25) is 0 Å². The maximum Gasteiger partial charge on any atom is 0.333 e. The van der Waals surface area contributed by atoms with E-state index >= 15 is 0 Å². The molecule has 1 aromatic rings. The quantitative estimate of drug-likeness (QED) is 0.502. The highest BCUT2D eigenvalue weighted by Crippen LogP contribution is 2.36. The summed E-state index contributed by atoms with van der Waals surface area (Å²) in [6.45, 7) is 2.18. The smallest absolute Gasteiger partial charge is 0.333 e. The number of rotatable bonds is 4. The normalized spacial score (nSPS) is 10.0. The molecule has 82 valence electrons. The molecule has 0 amide bonds. The number of aryl methyl sites for hydroxylation is 1. The Morgan fingerprint density at radius 1 is 1.60 bits per heavy atom. The van der Waals surface area contributed by atoms with Crippen LogP contribution in [0.25, 0.3) is 0 Å². The third kappa shape index (κ3) is 2.59. The molecule has 0 aliphatic carbocycles. The van der Waals surface area contributed by atoms with Gasteiger partial charge in [0, 0.05) is 11.9 Å². The minimum Gasteiger partial charge on any atom is -0.502 e. The highest BCUT2D eigenvalue weighted by molar-refractivity contribution is 9.09. The first kappa shape index (κ1) is 11.8. The molecule has 5 nitrogen and oxygen atoms in total. The van der Waals surface area contributed by atoms with E-state index in [9.17, 15) is 15.2 Å². The Hall–Kier alpha value is -1.30. The lowest BCUT2D eigenvalue weighted by Gasteiger charge is -2.07. The van der Waals surface area contributed by atoms with E-state index < -0.39 is 4.92 Å².